The summed E-state index contributed by atoms with van der Waals surface area (Å²) in [5, 5.41) is 2.95. The van der Waals surface area contributed by atoms with Crippen molar-refractivity contribution in [1.82, 2.24) is 0 Å². The minimum absolute atomic E-state index is 0.185. The molecule has 0 spiro atoms. The van der Waals surface area contributed by atoms with Crippen LogP contribution in [0.4, 0.5) is 5.69 Å². The van der Waals surface area contributed by atoms with Crippen LogP contribution in [0.25, 0.3) is 5.70 Å². The van der Waals surface area contributed by atoms with Crippen molar-refractivity contribution in [3.63, 3.8) is 0 Å². The molecule has 140 valence electrons. The number of nitrogens with two attached hydrogens (primary N) is 2. The highest BCUT2D eigenvalue weighted by Gasteiger charge is 2.08. The Balaban J connectivity index is 2.12. The number of nitrogens with zero attached hydrogens (tertiary/aromatic N) is 1. The lowest BCUT2D eigenvalue weighted by molar-refractivity contribution is 0.0526. The van der Waals surface area contributed by atoms with Gasteiger partial charge in [-0.25, -0.2) is 9.79 Å². The maximum absolute atomic E-state index is 11.7. The number of hydrogen-bond donors (Lipinski definition) is 3. The number of aliphatic imine (C=N–C) groups is 1. The second kappa shape index (κ2) is 9.19. The van der Waals surface area contributed by atoms with Crippen LogP contribution in [-0.4, -0.2) is 24.4 Å². The molecule has 0 unspecified atom stereocenters. The van der Waals surface area contributed by atoms with E-state index in [2.05, 4.69) is 10.3 Å². The van der Waals surface area contributed by atoms with Crippen LogP contribution < -0.4 is 16.8 Å². The molecule has 0 saturated carbocycles. The fourth-order valence-corrected chi connectivity index (χ4v) is 2.31. The molecule has 0 aliphatic carbocycles. The predicted molar refractivity (Wildman–Crippen MR) is 106 cm³/mol. The number of nitrogens with one attached hydrogen (secondary N) is 1. The lowest BCUT2D eigenvalue weighted by Gasteiger charge is -2.08. The van der Waals surface area contributed by atoms with E-state index in [4.69, 9.17) is 16.2 Å². The monoisotopic (exact) mass is 366 g/mol. The van der Waals surface area contributed by atoms with Crippen molar-refractivity contribution in [2.75, 3.05) is 11.9 Å². The van der Waals surface area contributed by atoms with Crippen molar-refractivity contribution in [2.45, 2.75) is 13.8 Å². The Bertz CT molecular complexity index is 869. The molecule has 0 aromatic heterocycles. The number of carbonyl (C=O) groups is 2. The third-order valence-electron chi connectivity index (χ3n) is 3.65. The number of amides is 1. The highest BCUT2D eigenvalue weighted by molar-refractivity contribution is 5.97. The Labute approximate surface area is 157 Å². The molecule has 5 N–H and O–H groups in total. The van der Waals surface area contributed by atoms with Gasteiger partial charge in [0, 0.05) is 11.3 Å². The third kappa shape index (κ3) is 5.43. The van der Waals surface area contributed by atoms with Crippen LogP contribution in [0.15, 0.2) is 59.6 Å². The number of anilines is 1. The van der Waals surface area contributed by atoms with E-state index < -0.39 is 5.91 Å². The number of benzene rings is 2. The summed E-state index contributed by atoms with van der Waals surface area (Å²) in [5.74, 6) is -0.676. The van der Waals surface area contributed by atoms with Crippen LogP contribution in [-0.2, 0) is 4.74 Å². The van der Waals surface area contributed by atoms with Crippen LogP contribution in [0.5, 0.6) is 0 Å². The molecule has 7 nitrogen and oxygen atoms in total. The quantitative estimate of drug-likeness (QED) is 0.412. The second-order valence-corrected chi connectivity index (χ2v) is 5.54. The van der Waals surface area contributed by atoms with Crippen molar-refractivity contribution >= 4 is 29.2 Å². The van der Waals surface area contributed by atoms with E-state index in [9.17, 15) is 9.59 Å². The first kappa shape index (κ1) is 19.7. The summed E-state index contributed by atoms with van der Waals surface area (Å²) in [5.41, 5.74) is 14.2. The molecule has 0 saturated heterocycles. The molecule has 2 aromatic carbocycles. The van der Waals surface area contributed by atoms with Crippen molar-refractivity contribution < 1.29 is 14.3 Å². The number of primary amides is 1. The number of ether oxygens (including phenoxy) is 1. The molecule has 0 atom stereocenters. The summed E-state index contributed by atoms with van der Waals surface area (Å²) in [6, 6.07) is 13.5. The number of carbonyl (C=O) groups excluding carboxylic acids is 2. The molecule has 0 aliphatic heterocycles. The first-order valence-electron chi connectivity index (χ1n) is 8.39. The summed E-state index contributed by atoms with van der Waals surface area (Å²) in [6.07, 6.45) is 1.81. The van der Waals surface area contributed by atoms with Gasteiger partial charge in [-0.3, -0.25) is 4.79 Å². The molecule has 7 heteroatoms. The number of allylic oxidation sites excluding steroid dienone is 1. The van der Waals surface area contributed by atoms with Crippen molar-refractivity contribution in [2.24, 2.45) is 16.5 Å². The topological polar surface area (TPSA) is 120 Å². The Hall–Kier alpha value is -3.61. The number of guanidine groups is 1. The van der Waals surface area contributed by atoms with E-state index in [-0.39, 0.29) is 11.9 Å². The highest BCUT2D eigenvalue weighted by Crippen LogP contribution is 2.18. The highest BCUT2D eigenvalue weighted by atomic mass is 16.5. The van der Waals surface area contributed by atoms with Gasteiger partial charge in [-0.2, -0.15) is 0 Å². The number of rotatable bonds is 6. The van der Waals surface area contributed by atoms with Crippen molar-refractivity contribution in [1.29, 1.82) is 0 Å². The normalized spacial score (nSPS) is 11.8. The predicted octanol–water partition coefficient (Wildman–Crippen LogP) is 2.75. The van der Waals surface area contributed by atoms with Crippen LogP contribution >= 0.6 is 0 Å². The first-order chi connectivity index (χ1) is 12.9. The Morgan fingerprint density at radius 1 is 1.00 bits per heavy atom. The van der Waals surface area contributed by atoms with Crippen LogP contribution in [0, 0.1) is 0 Å². The summed E-state index contributed by atoms with van der Waals surface area (Å²) in [6.45, 7) is 3.93. The molecule has 0 bridgehead atoms. The van der Waals surface area contributed by atoms with Gasteiger partial charge in [-0.15, -0.1) is 0 Å². The van der Waals surface area contributed by atoms with Gasteiger partial charge in [-0.1, -0.05) is 18.2 Å². The maximum Gasteiger partial charge on any atom is 0.338 e. The van der Waals surface area contributed by atoms with Gasteiger partial charge in [0.05, 0.1) is 17.9 Å². The lowest BCUT2D eigenvalue weighted by Crippen LogP contribution is -2.22. The molecular formula is C20H22N4O3. The Kier molecular flexibility index (Phi) is 6.71. The zero-order valence-electron chi connectivity index (χ0n) is 15.2. The van der Waals surface area contributed by atoms with Crippen molar-refractivity contribution in [3.05, 3.63) is 71.3 Å². The summed E-state index contributed by atoms with van der Waals surface area (Å²) < 4.78 is 4.97. The number of esters is 1. The van der Waals surface area contributed by atoms with Crippen LogP contribution in [0.1, 0.15) is 40.1 Å². The molecule has 27 heavy (non-hydrogen) atoms. The van der Waals surface area contributed by atoms with Gasteiger partial charge in [0.15, 0.2) is 5.96 Å². The SMILES string of the molecule is C/C=C(\N=C(N)Nc1ccc(C(N)=O)cc1)c1ccc(C(=O)OCC)cc1. The molecular weight excluding hydrogens is 344 g/mol. The molecule has 2 aromatic rings. The minimum Gasteiger partial charge on any atom is -0.462 e. The van der Waals surface area contributed by atoms with Gasteiger partial charge in [0.25, 0.3) is 0 Å². The zero-order valence-corrected chi connectivity index (χ0v) is 15.2. The maximum atomic E-state index is 11.7. The summed E-state index contributed by atoms with van der Waals surface area (Å²) in [7, 11) is 0. The van der Waals surface area contributed by atoms with E-state index in [1.54, 1.807) is 55.5 Å². The average molecular weight is 366 g/mol. The molecule has 0 heterocycles. The summed E-state index contributed by atoms with van der Waals surface area (Å²) >= 11 is 0. The van der Waals surface area contributed by atoms with Gasteiger partial charge >= 0.3 is 5.97 Å². The van der Waals surface area contributed by atoms with Crippen LogP contribution in [0.2, 0.25) is 0 Å². The van der Waals surface area contributed by atoms with Gasteiger partial charge in [0.1, 0.15) is 0 Å². The smallest absolute Gasteiger partial charge is 0.338 e. The zero-order chi connectivity index (χ0) is 19.8. The second-order valence-electron chi connectivity index (χ2n) is 5.54. The van der Waals surface area contributed by atoms with E-state index in [0.29, 0.717) is 29.1 Å². The molecule has 1 amide bonds. The fourth-order valence-electron chi connectivity index (χ4n) is 2.31. The molecule has 0 fully saturated rings. The molecule has 0 aliphatic rings. The Morgan fingerprint density at radius 3 is 2.07 bits per heavy atom. The number of hydrogen-bond acceptors (Lipinski definition) is 4. The molecule has 2 rings (SSSR count). The fraction of sp³-hybridized carbons (Fsp3) is 0.150. The first-order valence-corrected chi connectivity index (χ1v) is 8.39. The van der Waals surface area contributed by atoms with E-state index >= 15 is 0 Å². The van der Waals surface area contributed by atoms with Gasteiger partial charge in [-0.05, 0) is 55.8 Å². The van der Waals surface area contributed by atoms with Gasteiger partial charge in [0.2, 0.25) is 5.91 Å². The largest absolute Gasteiger partial charge is 0.462 e. The molecule has 0 radical (unpaired) electrons. The Morgan fingerprint density at radius 2 is 1.56 bits per heavy atom. The standard InChI is InChI=1S/C20H22N4O3/c1-3-17(13-5-7-15(8-6-13)19(26)27-4-2)24-20(22)23-16-11-9-14(10-12-16)18(21)25/h3,5-12H,4H2,1-2H3,(H2,21,25)(H3,22,23,24)/b17-3-. The third-order valence-corrected chi connectivity index (χ3v) is 3.65. The minimum atomic E-state index is -0.495. The average Bonchev–Trinajstić information content (AvgIpc) is 2.67. The summed E-state index contributed by atoms with van der Waals surface area (Å²) in [4.78, 5) is 27.2. The van der Waals surface area contributed by atoms with E-state index in [1.165, 1.54) is 0 Å². The van der Waals surface area contributed by atoms with Crippen molar-refractivity contribution in [3.8, 4) is 0 Å². The lowest BCUT2D eigenvalue weighted by atomic mass is 10.1. The van der Waals surface area contributed by atoms with Crippen LogP contribution in [0.3, 0.4) is 0 Å². The van der Waals surface area contributed by atoms with E-state index in [1.807, 2.05) is 13.0 Å². The van der Waals surface area contributed by atoms with Gasteiger partial charge < -0.3 is 21.5 Å². The van der Waals surface area contributed by atoms with E-state index in [0.717, 1.165) is 5.56 Å².